The Morgan fingerprint density at radius 1 is 1.11 bits per heavy atom. The molecule has 2 heteroatoms. The molecule has 2 aliphatic rings. The van der Waals surface area contributed by atoms with Crippen LogP contribution in [0.3, 0.4) is 0 Å². The summed E-state index contributed by atoms with van der Waals surface area (Å²) in [7, 11) is 0. The van der Waals surface area contributed by atoms with Crippen molar-refractivity contribution in [3.8, 4) is 0 Å². The van der Waals surface area contributed by atoms with Crippen LogP contribution >= 0.6 is 0 Å². The van der Waals surface area contributed by atoms with Crippen LogP contribution in [0.5, 0.6) is 0 Å². The van der Waals surface area contributed by atoms with Gasteiger partial charge in [-0.1, -0.05) is 0 Å². The van der Waals surface area contributed by atoms with Gasteiger partial charge in [-0.15, -0.1) is 0 Å². The molecule has 98 valence electrons. The molecule has 1 aromatic heterocycles. The predicted octanol–water partition coefficient (Wildman–Crippen LogP) is 3.06. The standard InChI is InChI=1S/C16H24N2/c1-15(2,3)18-8-5-16(6-9-18)10-13-4-7-17-12-14(13)11-16/h4,7,12H,5-6,8-11H2,1-3H3. The van der Waals surface area contributed by atoms with E-state index in [1.54, 1.807) is 5.56 Å². The van der Waals surface area contributed by atoms with Crippen LogP contribution in [0.4, 0.5) is 0 Å². The van der Waals surface area contributed by atoms with E-state index in [0.29, 0.717) is 11.0 Å². The lowest BCUT2D eigenvalue weighted by molar-refractivity contribution is 0.0472. The van der Waals surface area contributed by atoms with Gasteiger partial charge in [0, 0.05) is 17.9 Å². The van der Waals surface area contributed by atoms with Gasteiger partial charge in [-0.2, -0.15) is 0 Å². The van der Waals surface area contributed by atoms with Crippen molar-refractivity contribution in [2.75, 3.05) is 13.1 Å². The lowest BCUT2D eigenvalue weighted by Crippen LogP contribution is -2.49. The molecule has 3 rings (SSSR count). The number of hydrogen-bond donors (Lipinski definition) is 0. The fourth-order valence-electron chi connectivity index (χ4n) is 3.66. The molecule has 0 atom stereocenters. The van der Waals surface area contributed by atoms with Crippen molar-refractivity contribution in [2.45, 2.75) is 52.0 Å². The van der Waals surface area contributed by atoms with Crippen LogP contribution in [0, 0.1) is 5.41 Å². The number of piperidine rings is 1. The number of rotatable bonds is 0. The van der Waals surface area contributed by atoms with Gasteiger partial charge in [0.15, 0.2) is 0 Å². The molecule has 1 aliphatic heterocycles. The minimum absolute atomic E-state index is 0.328. The summed E-state index contributed by atoms with van der Waals surface area (Å²) in [6.07, 6.45) is 9.26. The lowest BCUT2D eigenvalue weighted by atomic mass is 9.75. The topological polar surface area (TPSA) is 16.1 Å². The van der Waals surface area contributed by atoms with Crippen molar-refractivity contribution in [1.82, 2.24) is 9.88 Å². The third kappa shape index (κ3) is 2.07. The van der Waals surface area contributed by atoms with Gasteiger partial charge in [0.25, 0.3) is 0 Å². The molecule has 18 heavy (non-hydrogen) atoms. The minimum atomic E-state index is 0.328. The fraction of sp³-hybridized carbons (Fsp3) is 0.688. The Balaban J connectivity index is 1.71. The van der Waals surface area contributed by atoms with Crippen LogP contribution in [0.1, 0.15) is 44.7 Å². The zero-order valence-electron chi connectivity index (χ0n) is 11.9. The zero-order valence-corrected chi connectivity index (χ0v) is 11.9. The highest BCUT2D eigenvalue weighted by molar-refractivity contribution is 5.32. The first-order valence-corrected chi connectivity index (χ1v) is 7.15. The van der Waals surface area contributed by atoms with Crippen molar-refractivity contribution >= 4 is 0 Å². The zero-order chi connectivity index (χ0) is 12.8. The normalized spacial score (nSPS) is 23.3. The molecule has 1 fully saturated rings. The number of hydrogen-bond acceptors (Lipinski definition) is 2. The summed E-state index contributed by atoms with van der Waals surface area (Å²) in [6, 6.07) is 2.22. The van der Waals surface area contributed by atoms with Gasteiger partial charge >= 0.3 is 0 Å². The van der Waals surface area contributed by atoms with Crippen LogP contribution in [0.2, 0.25) is 0 Å². The molecule has 0 bridgehead atoms. The van der Waals surface area contributed by atoms with Gasteiger partial charge in [-0.05, 0) is 82.2 Å². The Hall–Kier alpha value is -0.890. The van der Waals surface area contributed by atoms with Gasteiger partial charge in [0.2, 0.25) is 0 Å². The van der Waals surface area contributed by atoms with E-state index in [0.717, 1.165) is 0 Å². The molecule has 0 radical (unpaired) electrons. The largest absolute Gasteiger partial charge is 0.298 e. The number of likely N-dealkylation sites (tertiary alicyclic amines) is 1. The number of nitrogens with zero attached hydrogens (tertiary/aromatic N) is 2. The second-order valence-electron chi connectivity index (χ2n) is 7.16. The van der Waals surface area contributed by atoms with E-state index in [9.17, 15) is 0 Å². The molecule has 1 saturated heterocycles. The highest BCUT2D eigenvalue weighted by Gasteiger charge is 2.41. The summed E-state index contributed by atoms with van der Waals surface area (Å²) >= 11 is 0. The molecule has 2 nitrogen and oxygen atoms in total. The fourth-order valence-corrected chi connectivity index (χ4v) is 3.66. The van der Waals surface area contributed by atoms with Crippen LogP contribution in [-0.4, -0.2) is 28.5 Å². The average Bonchev–Trinajstić information content (AvgIpc) is 2.65. The van der Waals surface area contributed by atoms with Crippen LogP contribution < -0.4 is 0 Å². The highest BCUT2D eigenvalue weighted by atomic mass is 15.2. The molecule has 1 aromatic rings. The summed E-state index contributed by atoms with van der Waals surface area (Å²) in [5, 5.41) is 0. The van der Waals surface area contributed by atoms with Crippen LogP contribution in [-0.2, 0) is 12.8 Å². The molecule has 2 heterocycles. The summed E-state index contributed by atoms with van der Waals surface area (Å²) in [6.45, 7) is 9.50. The first-order valence-electron chi connectivity index (χ1n) is 7.15. The molecule has 0 N–H and O–H groups in total. The van der Waals surface area contributed by atoms with Gasteiger partial charge < -0.3 is 0 Å². The lowest BCUT2D eigenvalue weighted by Gasteiger charge is -2.45. The van der Waals surface area contributed by atoms with E-state index in [1.807, 2.05) is 6.20 Å². The molecule has 0 saturated carbocycles. The number of pyridine rings is 1. The maximum absolute atomic E-state index is 4.28. The second kappa shape index (κ2) is 4.06. The van der Waals surface area contributed by atoms with E-state index >= 15 is 0 Å². The maximum atomic E-state index is 4.28. The van der Waals surface area contributed by atoms with Crippen LogP contribution in [0.25, 0.3) is 0 Å². The third-order valence-corrected chi connectivity index (χ3v) is 4.91. The third-order valence-electron chi connectivity index (χ3n) is 4.91. The van der Waals surface area contributed by atoms with E-state index in [4.69, 9.17) is 0 Å². The molecular weight excluding hydrogens is 220 g/mol. The molecular formula is C16H24N2. The van der Waals surface area contributed by atoms with Gasteiger partial charge in [0.05, 0.1) is 0 Å². The minimum Gasteiger partial charge on any atom is -0.298 e. The maximum Gasteiger partial charge on any atom is 0.0302 e. The first-order chi connectivity index (χ1) is 8.49. The Labute approximate surface area is 110 Å². The first kappa shape index (κ1) is 12.2. The Morgan fingerprint density at radius 3 is 2.39 bits per heavy atom. The monoisotopic (exact) mass is 244 g/mol. The van der Waals surface area contributed by atoms with Crippen LogP contribution in [0.15, 0.2) is 18.5 Å². The van der Waals surface area contributed by atoms with Crippen molar-refractivity contribution in [3.05, 3.63) is 29.6 Å². The number of fused-ring (bicyclic) bond motifs is 1. The van der Waals surface area contributed by atoms with E-state index in [2.05, 4.69) is 42.9 Å². The molecule has 0 amide bonds. The Morgan fingerprint density at radius 2 is 1.78 bits per heavy atom. The summed E-state index contributed by atoms with van der Waals surface area (Å²) in [5.74, 6) is 0. The van der Waals surface area contributed by atoms with Crippen molar-refractivity contribution in [2.24, 2.45) is 5.41 Å². The Bertz CT molecular complexity index is 410. The van der Waals surface area contributed by atoms with Gasteiger partial charge in [-0.3, -0.25) is 9.88 Å². The SMILES string of the molecule is CC(C)(C)N1CCC2(CC1)Cc1ccncc1C2. The van der Waals surface area contributed by atoms with E-state index < -0.39 is 0 Å². The summed E-state index contributed by atoms with van der Waals surface area (Å²) in [4.78, 5) is 6.92. The van der Waals surface area contributed by atoms with Gasteiger partial charge in [0.1, 0.15) is 0 Å². The number of aromatic nitrogens is 1. The van der Waals surface area contributed by atoms with E-state index in [1.165, 1.54) is 44.3 Å². The summed E-state index contributed by atoms with van der Waals surface area (Å²) < 4.78 is 0. The second-order valence-corrected chi connectivity index (χ2v) is 7.16. The molecule has 1 spiro atoms. The van der Waals surface area contributed by atoms with Crippen molar-refractivity contribution in [1.29, 1.82) is 0 Å². The van der Waals surface area contributed by atoms with E-state index in [-0.39, 0.29) is 0 Å². The van der Waals surface area contributed by atoms with Crippen molar-refractivity contribution < 1.29 is 0 Å². The van der Waals surface area contributed by atoms with Crippen molar-refractivity contribution in [3.63, 3.8) is 0 Å². The quantitative estimate of drug-likeness (QED) is 0.697. The highest BCUT2D eigenvalue weighted by Crippen LogP contribution is 2.45. The Kier molecular flexibility index (Phi) is 2.74. The average molecular weight is 244 g/mol. The molecule has 0 aromatic carbocycles. The predicted molar refractivity (Wildman–Crippen MR) is 74.6 cm³/mol. The molecule has 0 unspecified atom stereocenters. The molecule has 1 aliphatic carbocycles. The van der Waals surface area contributed by atoms with Gasteiger partial charge in [-0.25, -0.2) is 0 Å². The smallest absolute Gasteiger partial charge is 0.0302 e. The summed E-state index contributed by atoms with van der Waals surface area (Å²) in [5.41, 5.74) is 3.93.